The fourth-order valence-electron chi connectivity index (χ4n) is 1.01. The second kappa shape index (κ2) is 5.43. The number of nitrogens with two attached hydrogens (primary N) is 1. The van der Waals surface area contributed by atoms with E-state index in [0.717, 1.165) is 0 Å². The van der Waals surface area contributed by atoms with Crippen LogP contribution in [0.15, 0.2) is 18.3 Å². The summed E-state index contributed by atoms with van der Waals surface area (Å²) in [7, 11) is 0. The summed E-state index contributed by atoms with van der Waals surface area (Å²) >= 11 is 0. The van der Waals surface area contributed by atoms with E-state index in [1.54, 1.807) is 13.8 Å². The molecular formula is C11H15F3N2O2. The maximum absolute atomic E-state index is 12.0. The molecule has 0 aliphatic heterocycles. The number of aromatic nitrogens is 1. The van der Waals surface area contributed by atoms with Gasteiger partial charge >= 0.3 is 6.18 Å². The molecule has 7 heteroatoms. The maximum Gasteiger partial charge on any atom is 0.422 e. The summed E-state index contributed by atoms with van der Waals surface area (Å²) in [5.41, 5.74) is 5.09. The van der Waals surface area contributed by atoms with Crippen LogP contribution in [0.1, 0.15) is 13.8 Å². The lowest BCUT2D eigenvalue weighted by Crippen LogP contribution is -2.38. The monoisotopic (exact) mass is 264 g/mol. The molecule has 0 aliphatic rings. The summed E-state index contributed by atoms with van der Waals surface area (Å²) in [5.74, 6) is -0.0562. The highest BCUT2D eigenvalue weighted by Gasteiger charge is 2.29. The first-order valence-corrected chi connectivity index (χ1v) is 5.24. The average Bonchev–Trinajstić information content (AvgIpc) is 2.22. The predicted octanol–water partition coefficient (Wildman–Crippen LogP) is 2.14. The number of pyridine rings is 1. The van der Waals surface area contributed by atoms with E-state index in [9.17, 15) is 13.2 Å². The van der Waals surface area contributed by atoms with Crippen molar-refractivity contribution >= 4 is 0 Å². The van der Waals surface area contributed by atoms with Gasteiger partial charge in [0.1, 0.15) is 6.61 Å². The van der Waals surface area contributed by atoms with Crippen LogP contribution in [0.2, 0.25) is 0 Å². The Bertz CT molecular complexity index is 352. The molecular weight excluding hydrogens is 249 g/mol. The highest BCUT2D eigenvalue weighted by Crippen LogP contribution is 2.26. The van der Waals surface area contributed by atoms with Gasteiger partial charge in [0, 0.05) is 11.7 Å². The lowest BCUT2D eigenvalue weighted by Gasteiger charge is -2.19. The minimum Gasteiger partial charge on any atom is -0.478 e. The largest absolute Gasteiger partial charge is 0.478 e. The summed E-state index contributed by atoms with van der Waals surface area (Å²) in [5, 5.41) is 0. The number of hydrogen-bond acceptors (Lipinski definition) is 4. The molecule has 0 saturated heterocycles. The summed E-state index contributed by atoms with van der Waals surface area (Å²) in [6.45, 7) is 2.19. The number of nitrogens with zero attached hydrogens (tertiary/aromatic N) is 1. The maximum atomic E-state index is 12.0. The first-order chi connectivity index (χ1) is 8.17. The number of rotatable bonds is 5. The van der Waals surface area contributed by atoms with Gasteiger partial charge in [-0.2, -0.15) is 13.2 Å². The van der Waals surface area contributed by atoms with Crippen LogP contribution in [0.5, 0.6) is 11.6 Å². The molecule has 1 aromatic heterocycles. The van der Waals surface area contributed by atoms with E-state index in [-0.39, 0.29) is 18.2 Å². The van der Waals surface area contributed by atoms with E-state index in [0.29, 0.717) is 0 Å². The molecule has 1 rings (SSSR count). The van der Waals surface area contributed by atoms with Crippen LogP contribution >= 0.6 is 0 Å². The Kier molecular flexibility index (Phi) is 4.39. The molecule has 102 valence electrons. The fourth-order valence-corrected chi connectivity index (χ4v) is 1.01. The van der Waals surface area contributed by atoms with E-state index in [2.05, 4.69) is 9.72 Å². The van der Waals surface area contributed by atoms with Gasteiger partial charge in [-0.25, -0.2) is 4.98 Å². The van der Waals surface area contributed by atoms with Crippen LogP contribution in [-0.2, 0) is 0 Å². The number of alkyl halides is 3. The topological polar surface area (TPSA) is 57.4 Å². The zero-order valence-electron chi connectivity index (χ0n) is 10.1. The summed E-state index contributed by atoms with van der Waals surface area (Å²) < 4.78 is 46.0. The summed E-state index contributed by atoms with van der Waals surface area (Å²) in [6.07, 6.45) is -3.00. The van der Waals surface area contributed by atoms with Crippen LogP contribution in [0, 0.1) is 0 Å². The predicted molar refractivity (Wildman–Crippen MR) is 59.5 cm³/mol. The van der Waals surface area contributed by atoms with Gasteiger partial charge in [-0.1, -0.05) is 0 Å². The Hall–Kier alpha value is -1.50. The van der Waals surface area contributed by atoms with Crippen molar-refractivity contribution in [2.24, 2.45) is 5.73 Å². The second-order valence-corrected chi connectivity index (χ2v) is 4.49. The van der Waals surface area contributed by atoms with E-state index >= 15 is 0 Å². The molecule has 0 radical (unpaired) electrons. The van der Waals surface area contributed by atoms with Crippen molar-refractivity contribution in [3.63, 3.8) is 0 Å². The Morgan fingerprint density at radius 3 is 2.44 bits per heavy atom. The van der Waals surface area contributed by atoms with Crippen molar-refractivity contribution in [2.75, 3.05) is 13.2 Å². The van der Waals surface area contributed by atoms with Gasteiger partial charge in [0.15, 0.2) is 12.4 Å². The van der Waals surface area contributed by atoms with Gasteiger partial charge in [-0.05, 0) is 26.0 Å². The first kappa shape index (κ1) is 14.6. The number of halogens is 3. The van der Waals surface area contributed by atoms with Gasteiger partial charge in [0.05, 0.1) is 0 Å². The molecule has 18 heavy (non-hydrogen) atoms. The molecule has 1 heterocycles. The average molecular weight is 264 g/mol. The standard InChI is InChI=1S/C11H15F3N2O2/c1-10(2,15)6-18-9-8(4-3-5-16-9)17-7-11(12,13)14/h3-5H,6-7,15H2,1-2H3. The first-order valence-electron chi connectivity index (χ1n) is 5.24. The van der Waals surface area contributed by atoms with Crippen LogP contribution in [0.4, 0.5) is 13.2 Å². The van der Waals surface area contributed by atoms with Gasteiger partial charge in [-0.15, -0.1) is 0 Å². The molecule has 0 aliphatic carbocycles. The van der Waals surface area contributed by atoms with E-state index < -0.39 is 18.3 Å². The molecule has 0 aromatic carbocycles. The normalized spacial score (nSPS) is 12.3. The summed E-state index contributed by atoms with van der Waals surface area (Å²) in [4.78, 5) is 3.81. The molecule has 1 aromatic rings. The SMILES string of the molecule is CC(C)(N)COc1ncccc1OCC(F)(F)F. The Balaban J connectivity index is 2.68. The number of hydrogen-bond donors (Lipinski definition) is 1. The Morgan fingerprint density at radius 2 is 1.89 bits per heavy atom. The van der Waals surface area contributed by atoms with Crippen LogP contribution in [-0.4, -0.2) is 29.9 Å². The van der Waals surface area contributed by atoms with E-state index in [4.69, 9.17) is 10.5 Å². The minimum atomic E-state index is -4.40. The van der Waals surface area contributed by atoms with Crippen LogP contribution < -0.4 is 15.2 Å². The molecule has 4 nitrogen and oxygen atoms in total. The van der Waals surface area contributed by atoms with Crippen molar-refractivity contribution in [2.45, 2.75) is 25.6 Å². The lowest BCUT2D eigenvalue weighted by molar-refractivity contribution is -0.153. The van der Waals surface area contributed by atoms with Crippen molar-refractivity contribution in [1.82, 2.24) is 4.98 Å². The molecule has 0 bridgehead atoms. The smallest absolute Gasteiger partial charge is 0.422 e. The Morgan fingerprint density at radius 1 is 1.22 bits per heavy atom. The minimum absolute atomic E-state index is 0.000255. The zero-order chi connectivity index (χ0) is 13.8. The van der Waals surface area contributed by atoms with E-state index in [1.807, 2.05) is 0 Å². The third-order valence-corrected chi connectivity index (χ3v) is 1.71. The third-order valence-electron chi connectivity index (χ3n) is 1.71. The molecule has 2 N–H and O–H groups in total. The highest BCUT2D eigenvalue weighted by atomic mass is 19.4. The Labute approximate surface area is 103 Å². The molecule has 0 amide bonds. The fraction of sp³-hybridized carbons (Fsp3) is 0.545. The van der Waals surface area contributed by atoms with Crippen LogP contribution in [0.25, 0.3) is 0 Å². The summed E-state index contributed by atoms with van der Waals surface area (Å²) in [6, 6.07) is 2.82. The third kappa shape index (κ3) is 5.72. The molecule has 0 fully saturated rings. The number of ether oxygens (including phenoxy) is 2. The van der Waals surface area contributed by atoms with Crippen LogP contribution in [0.3, 0.4) is 0 Å². The zero-order valence-corrected chi connectivity index (χ0v) is 10.1. The van der Waals surface area contributed by atoms with Crippen molar-refractivity contribution in [3.8, 4) is 11.6 Å². The van der Waals surface area contributed by atoms with Gasteiger partial charge in [0.25, 0.3) is 5.88 Å². The van der Waals surface area contributed by atoms with Crippen molar-refractivity contribution in [3.05, 3.63) is 18.3 Å². The quantitative estimate of drug-likeness (QED) is 0.885. The van der Waals surface area contributed by atoms with Gasteiger partial charge in [-0.3, -0.25) is 0 Å². The molecule has 0 unspecified atom stereocenters. The van der Waals surface area contributed by atoms with Crippen molar-refractivity contribution in [1.29, 1.82) is 0 Å². The van der Waals surface area contributed by atoms with Gasteiger partial charge < -0.3 is 15.2 Å². The lowest BCUT2D eigenvalue weighted by atomic mass is 10.1. The second-order valence-electron chi connectivity index (χ2n) is 4.49. The van der Waals surface area contributed by atoms with E-state index in [1.165, 1.54) is 18.3 Å². The van der Waals surface area contributed by atoms with Crippen molar-refractivity contribution < 1.29 is 22.6 Å². The molecule has 0 spiro atoms. The molecule has 0 saturated carbocycles. The highest BCUT2D eigenvalue weighted by molar-refractivity contribution is 5.32. The molecule has 0 atom stereocenters. The van der Waals surface area contributed by atoms with Gasteiger partial charge in [0.2, 0.25) is 0 Å².